The van der Waals surface area contributed by atoms with E-state index in [1.54, 1.807) is 16.8 Å². The number of carbonyl (C=O) groups excluding carboxylic acids is 1. The van der Waals surface area contributed by atoms with Gasteiger partial charge in [-0.15, -0.1) is 5.10 Å². The molecule has 0 aromatic heterocycles. The van der Waals surface area contributed by atoms with E-state index in [0.717, 1.165) is 29.2 Å². The number of carbonyl (C=O) groups is 1. The van der Waals surface area contributed by atoms with Crippen LogP contribution in [0.5, 0.6) is 0 Å². The summed E-state index contributed by atoms with van der Waals surface area (Å²) in [6, 6.07) is 7.69. The third kappa shape index (κ3) is 2.68. The van der Waals surface area contributed by atoms with Gasteiger partial charge in [-0.25, -0.2) is 5.01 Å². The summed E-state index contributed by atoms with van der Waals surface area (Å²) in [6.07, 6.45) is 2.08. The van der Waals surface area contributed by atoms with Crippen molar-refractivity contribution in [3.8, 4) is 0 Å². The van der Waals surface area contributed by atoms with Crippen molar-refractivity contribution in [2.24, 2.45) is 10.1 Å². The fourth-order valence-corrected chi connectivity index (χ4v) is 3.31. The lowest BCUT2D eigenvalue weighted by atomic mass is 10.2. The minimum atomic E-state index is -0.164. The van der Waals surface area contributed by atoms with Gasteiger partial charge in [0.15, 0.2) is 5.17 Å². The first kappa shape index (κ1) is 14.1. The number of hydrogen-bond acceptors (Lipinski definition) is 5. The molecule has 1 atom stereocenters. The molecular formula is C15H18N4OS. The Bertz CT molecular complexity index is 713. The van der Waals surface area contributed by atoms with Gasteiger partial charge in [0, 0.05) is 11.0 Å². The monoisotopic (exact) mass is 302 g/mol. The molecule has 1 N–H and O–H groups in total. The van der Waals surface area contributed by atoms with Crippen molar-refractivity contribution in [2.45, 2.75) is 32.9 Å². The summed E-state index contributed by atoms with van der Waals surface area (Å²) in [6.45, 7) is 4.10. The van der Waals surface area contributed by atoms with Crippen molar-refractivity contribution in [3.05, 3.63) is 34.8 Å². The van der Waals surface area contributed by atoms with Crippen molar-refractivity contribution < 1.29 is 4.79 Å². The first-order chi connectivity index (χ1) is 10.2. The summed E-state index contributed by atoms with van der Waals surface area (Å²) in [5.41, 5.74) is 0.591. The molecule has 21 heavy (non-hydrogen) atoms. The van der Waals surface area contributed by atoms with Crippen LogP contribution in [0.2, 0.25) is 0 Å². The number of hydrogen-bond donors (Lipinski definition) is 1. The lowest BCUT2D eigenvalue weighted by Crippen LogP contribution is -2.51. The van der Waals surface area contributed by atoms with Crippen LogP contribution in [-0.4, -0.2) is 28.0 Å². The largest absolute Gasteiger partial charge is 0.298 e. The number of hydrazone groups is 1. The number of amidine groups is 1. The fraction of sp³-hybridized carbons (Fsp3) is 0.400. The molecular weight excluding hydrogens is 284 g/mol. The van der Waals surface area contributed by atoms with Crippen molar-refractivity contribution in [3.63, 3.8) is 0 Å². The number of rotatable bonds is 3. The molecule has 1 aromatic rings. The Morgan fingerprint density at radius 2 is 2.19 bits per heavy atom. The van der Waals surface area contributed by atoms with E-state index >= 15 is 0 Å². The number of fused-ring (bicyclic) bond motifs is 2. The maximum absolute atomic E-state index is 12.5. The molecule has 0 radical (unpaired) electrons. The van der Waals surface area contributed by atoms with E-state index in [1.165, 1.54) is 0 Å². The number of nitrogens with zero attached hydrogens (tertiary/aromatic N) is 3. The molecule has 2 aliphatic rings. The Hall–Kier alpha value is -1.82. The Kier molecular flexibility index (Phi) is 3.96. The standard InChI is InChI=1S/C15H18N4OS/c1-3-4-9-21-15-17-14(20)13-11-7-5-6-8-12(11)16-10(2)19(13)18-15/h5-8,10H,3-4,9H2,1-2H3,(H,17,18,20)/t10-/m1/s1. The van der Waals surface area contributed by atoms with Gasteiger partial charge in [-0.3, -0.25) is 15.1 Å². The van der Waals surface area contributed by atoms with E-state index in [9.17, 15) is 4.79 Å². The van der Waals surface area contributed by atoms with Gasteiger partial charge in [0.25, 0.3) is 5.91 Å². The minimum Gasteiger partial charge on any atom is -0.298 e. The van der Waals surface area contributed by atoms with E-state index < -0.39 is 0 Å². The molecule has 0 unspecified atom stereocenters. The van der Waals surface area contributed by atoms with Crippen LogP contribution in [0, 0.1) is 0 Å². The summed E-state index contributed by atoms with van der Waals surface area (Å²) in [7, 11) is 0. The molecule has 110 valence electrons. The molecule has 2 heterocycles. The predicted molar refractivity (Wildman–Crippen MR) is 84.9 cm³/mol. The molecule has 2 aliphatic heterocycles. The minimum absolute atomic E-state index is 0.0989. The van der Waals surface area contributed by atoms with Crippen molar-refractivity contribution in [1.82, 2.24) is 10.3 Å². The maximum atomic E-state index is 12.5. The fourth-order valence-electron chi connectivity index (χ4n) is 2.37. The average Bonchev–Trinajstić information content (AvgIpc) is 2.48. The predicted octanol–water partition coefficient (Wildman–Crippen LogP) is 1.01. The topological polar surface area (TPSA) is 57.1 Å². The van der Waals surface area contributed by atoms with E-state index in [-0.39, 0.29) is 12.1 Å². The quantitative estimate of drug-likeness (QED) is 0.848. The number of nitrogens with one attached hydrogen (secondary N) is 1. The smallest absolute Gasteiger partial charge is 0.276 e. The van der Waals surface area contributed by atoms with Crippen LogP contribution in [0.15, 0.2) is 34.4 Å². The zero-order valence-corrected chi connectivity index (χ0v) is 13.0. The highest BCUT2D eigenvalue weighted by molar-refractivity contribution is 8.13. The molecule has 0 saturated heterocycles. The summed E-state index contributed by atoms with van der Waals surface area (Å²) in [5, 5.41) is 11.5. The van der Waals surface area contributed by atoms with Gasteiger partial charge >= 0.3 is 0 Å². The Morgan fingerprint density at radius 1 is 1.38 bits per heavy atom. The van der Waals surface area contributed by atoms with Crippen molar-refractivity contribution >= 4 is 28.5 Å². The summed E-state index contributed by atoms with van der Waals surface area (Å²) in [5.74, 6) is 0.860. The summed E-state index contributed by atoms with van der Waals surface area (Å²) < 4.78 is 0. The van der Waals surface area contributed by atoms with Crippen LogP contribution >= 0.6 is 11.8 Å². The normalized spacial score (nSPS) is 20.2. The Labute approximate surface area is 127 Å². The molecule has 0 spiro atoms. The average molecular weight is 302 g/mol. The van der Waals surface area contributed by atoms with Crippen LogP contribution in [0.1, 0.15) is 26.7 Å². The first-order valence-corrected chi connectivity index (χ1v) is 8.18. The highest BCUT2D eigenvalue weighted by Gasteiger charge is 2.31. The van der Waals surface area contributed by atoms with Gasteiger partial charge in [-0.2, -0.15) is 0 Å². The van der Waals surface area contributed by atoms with Gasteiger partial charge in [-0.1, -0.05) is 43.3 Å². The lowest BCUT2D eigenvalue weighted by Gasteiger charge is -2.32. The molecule has 0 fully saturated rings. The molecule has 6 heteroatoms. The van der Waals surface area contributed by atoms with Crippen LogP contribution < -0.4 is 15.9 Å². The lowest BCUT2D eigenvalue weighted by molar-refractivity contribution is -0.116. The maximum Gasteiger partial charge on any atom is 0.276 e. The number of para-hydroxylation sites is 1. The van der Waals surface area contributed by atoms with Gasteiger partial charge in [-0.05, 0) is 19.4 Å². The Morgan fingerprint density at radius 3 is 3.00 bits per heavy atom. The highest BCUT2D eigenvalue weighted by Crippen LogP contribution is 2.20. The molecule has 1 aromatic carbocycles. The molecule has 1 amide bonds. The van der Waals surface area contributed by atoms with E-state index in [0.29, 0.717) is 10.9 Å². The molecule has 0 saturated carbocycles. The second kappa shape index (κ2) is 5.89. The van der Waals surface area contributed by atoms with Crippen LogP contribution in [-0.2, 0) is 4.79 Å². The molecule has 0 bridgehead atoms. The van der Waals surface area contributed by atoms with Gasteiger partial charge in [0.1, 0.15) is 11.9 Å². The molecule has 0 aliphatic carbocycles. The van der Waals surface area contributed by atoms with Crippen LogP contribution in [0.4, 0.5) is 0 Å². The van der Waals surface area contributed by atoms with Gasteiger partial charge < -0.3 is 0 Å². The first-order valence-electron chi connectivity index (χ1n) is 7.20. The zero-order valence-electron chi connectivity index (χ0n) is 12.2. The van der Waals surface area contributed by atoms with E-state index in [2.05, 4.69) is 22.3 Å². The SMILES string of the molecule is CCCCSC1=NN2C(=c3ccccc3=N[C@H]2C)C(=O)N1. The number of benzene rings is 1. The van der Waals surface area contributed by atoms with E-state index in [1.807, 2.05) is 31.2 Å². The zero-order chi connectivity index (χ0) is 14.8. The van der Waals surface area contributed by atoms with Crippen molar-refractivity contribution in [2.75, 3.05) is 5.75 Å². The number of unbranched alkanes of at least 4 members (excludes halogenated alkanes) is 1. The summed E-state index contributed by atoms with van der Waals surface area (Å²) in [4.78, 5) is 17.1. The number of thioether (sulfide) groups is 1. The van der Waals surface area contributed by atoms with Gasteiger partial charge in [0.2, 0.25) is 0 Å². The second-order valence-electron chi connectivity index (χ2n) is 5.03. The number of amides is 1. The molecule has 5 nitrogen and oxygen atoms in total. The summed E-state index contributed by atoms with van der Waals surface area (Å²) >= 11 is 1.59. The Balaban J connectivity index is 2.00. The van der Waals surface area contributed by atoms with Gasteiger partial charge in [0.05, 0.1) is 5.36 Å². The van der Waals surface area contributed by atoms with E-state index in [4.69, 9.17) is 0 Å². The highest BCUT2D eigenvalue weighted by atomic mass is 32.2. The third-order valence-corrected chi connectivity index (χ3v) is 4.39. The van der Waals surface area contributed by atoms with Crippen LogP contribution in [0.25, 0.3) is 5.70 Å². The van der Waals surface area contributed by atoms with Crippen molar-refractivity contribution in [1.29, 1.82) is 0 Å². The third-order valence-electron chi connectivity index (χ3n) is 3.44. The second-order valence-corrected chi connectivity index (χ2v) is 6.12. The van der Waals surface area contributed by atoms with Crippen LogP contribution in [0.3, 0.4) is 0 Å². The molecule has 3 rings (SSSR count).